The Balaban J connectivity index is 1.55. The quantitative estimate of drug-likeness (QED) is 0.841. The number of aryl methyl sites for hydroxylation is 1. The van der Waals surface area contributed by atoms with Gasteiger partial charge in [0.05, 0.1) is 6.04 Å². The first kappa shape index (κ1) is 17.7. The molecule has 0 spiro atoms. The minimum Gasteiger partial charge on any atom is -0.314 e. The van der Waals surface area contributed by atoms with Gasteiger partial charge in [-0.05, 0) is 51.2 Å². The molecule has 1 saturated heterocycles. The van der Waals surface area contributed by atoms with E-state index < -0.39 is 0 Å². The third kappa shape index (κ3) is 3.59. The zero-order valence-electron chi connectivity index (χ0n) is 15.6. The van der Waals surface area contributed by atoms with Crippen molar-refractivity contribution >= 4 is 17.5 Å². The Hall–Kier alpha value is -2.70. The highest BCUT2D eigenvalue weighted by Crippen LogP contribution is 2.32. The van der Waals surface area contributed by atoms with E-state index in [1.54, 1.807) is 18.2 Å². The molecule has 1 atom stereocenters. The number of Topliss-reactive ketones (excluding diaryl/α,β-unsaturated/α-hetero) is 1. The molecule has 2 aromatic rings. The predicted molar refractivity (Wildman–Crippen MR) is 102 cm³/mol. The summed E-state index contributed by atoms with van der Waals surface area (Å²) in [5.74, 6) is 1.94. The van der Waals surface area contributed by atoms with Crippen LogP contribution in [0.3, 0.4) is 0 Å². The first-order chi connectivity index (χ1) is 13.1. The highest BCUT2D eigenvalue weighted by Gasteiger charge is 2.33. The van der Waals surface area contributed by atoms with Crippen LogP contribution < -0.4 is 5.32 Å². The third-order valence-corrected chi connectivity index (χ3v) is 5.47. The summed E-state index contributed by atoms with van der Waals surface area (Å²) in [5.41, 5.74) is 1.23. The van der Waals surface area contributed by atoms with E-state index in [1.165, 1.54) is 6.92 Å². The second-order valence-corrected chi connectivity index (χ2v) is 7.36. The lowest BCUT2D eigenvalue weighted by atomic mass is 10.0. The number of hydrogen-bond donors (Lipinski definition) is 1. The van der Waals surface area contributed by atoms with Gasteiger partial charge in [-0.2, -0.15) is 0 Å². The van der Waals surface area contributed by atoms with Crippen molar-refractivity contribution in [3.05, 3.63) is 41.5 Å². The van der Waals surface area contributed by atoms with Crippen molar-refractivity contribution in [3.8, 4) is 0 Å². The number of urea groups is 1. The van der Waals surface area contributed by atoms with Crippen molar-refractivity contribution in [1.29, 1.82) is 0 Å². The van der Waals surface area contributed by atoms with Crippen LogP contribution in [0.4, 0.5) is 10.5 Å². The van der Waals surface area contributed by atoms with Gasteiger partial charge in [-0.3, -0.25) is 4.79 Å². The number of rotatable bonds is 3. The summed E-state index contributed by atoms with van der Waals surface area (Å²) in [7, 11) is 0. The second kappa shape index (κ2) is 7.50. The zero-order chi connectivity index (χ0) is 18.8. The molecule has 1 unspecified atom stereocenters. The lowest BCUT2D eigenvalue weighted by Gasteiger charge is -2.35. The fourth-order valence-corrected chi connectivity index (χ4v) is 4.03. The van der Waals surface area contributed by atoms with Gasteiger partial charge in [-0.15, -0.1) is 10.2 Å². The van der Waals surface area contributed by atoms with E-state index in [2.05, 4.69) is 20.1 Å². The maximum atomic E-state index is 13.0. The van der Waals surface area contributed by atoms with Gasteiger partial charge in [0, 0.05) is 30.8 Å². The number of carbonyl (C=O) groups is 2. The molecule has 0 bridgehead atoms. The van der Waals surface area contributed by atoms with Crippen LogP contribution >= 0.6 is 0 Å². The van der Waals surface area contributed by atoms with Crippen molar-refractivity contribution in [2.75, 3.05) is 11.9 Å². The number of fused-ring (bicyclic) bond motifs is 1. The normalized spacial score (nSPS) is 19.4. The number of carbonyl (C=O) groups excluding carboxylic acids is 2. The first-order valence-electron chi connectivity index (χ1n) is 9.74. The summed E-state index contributed by atoms with van der Waals surface area (Å²) in [6, 6.07) is 6.88. The first-order valence-corrected chi connectivity index (χ1v) is 9.74. The molecule has 0 saturated carbocycles. The fourth-order valence-electron chi connectivity index (χ4n) is 4.03. The molecule has 2 amide bonds. The molecule has 7 heteroatoms. The number of aromatic nitrogens is 3. The molecule has 1 aromatic carbocycles. The van der Waals surface area contributed by atoms with Gasteiger partial charge >= 0.3 is 6.03 Å². The number of likely N-dealkylation sites (tertiary alicyclic amines) is 1. The van der Waals surface area contributed by atoms with E-state index in [0.717, 1.165) is 56.7 Å². The summed E-state index contributed by atoms with van der Waals surface area (Å²) in [5, 5.41) is 11.8. The molecule has 142 valence electrons. The van der Waals surface area contributed by atoms with Crippen LogP contribution in [-0.2, 0) is 13.0 Å². The molecule has 1 aromatic heterocycles. The number of hydrogen-bond acceptors (Lipinski definition) is 4. The van der Waals surface area contributed by atoms with Crippen LogP contribution in [0.1, 0.15) is 67.1 Å². The lowest BCUT2D eigenvalue weighted by Crippen LogP contribution is -2.42. The topological polar surface area (TPSA) is 80.1 Å². The van der Waals surface area contributed by atoms with Crippen LogP contribution in [-0.4, -0.2) is 38.0 Å². The minimum absolute atomic E-state index is 0.0166. The molecule has 27 heavy (non-hydrogen) atoms. The summed E-state index contributed by atoms with van der Waals surface area (Å²) < 4.78 is 2.20. The van der Waals surface area contributed by atoms with Gasteiger partial charge in [0.1, 0.15) is 5.82 Å². The molecule has 0 radical (unpaired) electrons. The smallest absolute Gasteiger partial charge is 0.314 e. The molecule has 4 rings (SSSR count). The van der Waals surface area contributed by atoms with E-state index in [0.29, 0.717) is 17.8 Å². The van der Waals surface area contributed by atoms with Gasteiger partial charge in [-0.1, -0.05) is 12.1 Å². The fraction of sp³-hybridized carbons (Fsp3) is 0.500. The Kier molecular flexibility index (Phi) is 4.92. The third-order valence-electron chi connectivity index (χ3n) is 5.47. The highest BCUT2D eigenvalue weighted by molar-refractivity contribution is 5.96. The Morgan fingerprint density at radius 3 is 2.81 bits per heavy atom. The molecular weight excluding hydrogens is 342 g/mol. The van der Waals surface area contributed by atoms with E-state index in [-0.39, 0.29) is 17.9 Å². The van der Waals surface area contributed by atoms with Crippen LogP contribution in [0.2, 0.25) is 0 Å². The highest BCUT2D eigenvalue weighted by atomic mass is 16.2. The number of nitrogens with one attached hydrogen (secondary N) is 1. The number of anilines is 1. The van der Waals surface area contributed by atoms with Crippen LogP contribution in [0.5, 0.6) is 0 Å². The van der Waals surface area contributed by atoms with E-state index in [1.807, 2.05) is 11.0 Å². The zero-order valence-corrected chi connectivity index (χ0v) is 15.6. The SMILES string of the molecule is CC(=O)c1cccc(NC(=O)N2CCCCC2c2nnc3n2CCCC3)c1. The molecule has 3 heterocycles. The van der Waals surface area contributed by atoms with Gasteiger partial charge in [0.25, 0.3) is 0 Å². The van der Waals surface area contributed by atoms with Crippen molar-refractivity contribution in [2.45, 2.75) is 58.0 Å². The largest absolute Gasteiger partial charge is 0.322 e. The maximum Gasteiger partial charge on any atom is 0.322 e. The summed E-state index contributed by atoms with van der Waals surface area (Å²) in [6.45, 7) is 3.16. The van der Waals surface area contributed by atoms with Crippen LogP contribution in [0.25, 0.3) is 0 Å². The standard InChI is InChI=1S/C20H25N5O2/c1-14(26)15-7-6-8-16(13-15)21-20(27)24-11-4-2-9-17(24)19-23-22-18-10-3-5-12-25(18)19/h6-8,13,17H,2-5,9-12H2,1H3,(H,21,27). The average molecular weight is 367 g/mol. The molecule has 2 aliphatic rings. The number of nitrogens with zero attached hydrogens (tertiary/aromatic N) is 4. The van der Waals surface area contributed by atoms with Crippen LogP contribution in [0, 0.1) is 0 Å². The molecule has 1 fully saturated rings. The maximum absolute atomic E-state index is 13.0. The molecule has 2 aliphatic heterocycles. The van der Waals surface area contributed by atoms with Crippen molar-refractivity contribution in [1.82, 2.24) is 19.7 Å². The second-order valence-electron chi connectivity index (χ2n) is 7.36. The number of piperidine rings is 1. The molecular formula is C20H25N5O2. The number of benzene rings is 1. The molecule has 7 nitrogen and oxygen atoms in total. The van der Waals surface area contributed by atoms with Crippen molar-refractivity contribution < 1.29 is 9.59 Å². The number of amides is 2. The van der Waals surface area contributed by atoms with E-state index in [9.17, 15) is 9.59 Å². The Morgan fingerprint density at radius 1 is 1.11 bits per heavy atom. The minimum atomic E-state index is -0.145. The summed E-state index contributed by atoms with van der Waals surface area (Å²) in [6.07, 6.45) is 6.21. The van der Waals surface area contributed by atoms with E-state index >= 15 is 0 Å². The monoisotopic (exact) mass is 367 g/mol. The number of ketones is 1. The van der Waals surface area contributed by atoms with Crippen LogP contribution in [0.15, 0.2) is 24.3 Å². The summed E-state index contributed by atoms with van der Waals surface area (Å²) >= 11 is 0. The predicted octanol–water partition coefficient (Wildman–Crippen LogP) is 3.58. The molecule has 1 N–H and O–H groups in total. The van der Waals surface area contributed by atoms with Gasteiger partial charge in [0.15, 0.2) is 11.6 Å². The van der Waals surface area contributed by atoms with Crippen molar-refractivity contribution in [3.63, 3.8) is 0 Å². The average Bonchev–Trinajstić information content (AvgIpc) is 3.12. The van der Waals surface area contributed by atoms with E-state index in [4.69, 9.17) is 0 Å². The Labute approximate surface area is 158 Å². The Bertz CT molecular complexity index is 860. The Morgan fingerprint density at radius 2 is 1.96 bits per heavy atom. The summed E-state index contributed by atoms with van der Waals surface area (Å²) in [4.78, 5) is 26.5. The lowest BCUT2D eigenvalue weighted by molar-refractivity contribution is 0.101. The van der Waals surface area contributed by atoms with Crippen molar-refractivity contribution in [2.24, 2.45) is 0 Å². The van der Waals surface area contributed by atoms with Gasteiger partial charge in [0.2, 0.25) is 0 Å². The van der Waals surface area contributed by atoms with Gasteiger partial charge in [-0.25, -0.2) is 4.79 Å². The molecule has 0 aliphatic carbocycles. The van der Waals surface area contributed by atoms with Gasteiger partial charge < -0.3 is 14.8 Å².